The third-order valence-electron chi connectivity index (χ3n) is 4.20. The van der Waals surface area contributed by atoms with Gasteiger partial charge in [-0.3, -0.25) is 9.59 Å². The number of aryl methyl sites for hydroxylation is 1. The SMILES string of the molecule is CC(C)C(=O)N1c2ccc(CCCCC(=O)O)cc2CC1C. The first-order chi connectivity index (χ1) is 10.4. The molecule has 0 radical (unpaired) electrons. The molecule has 1 aromatic rings. The fourth-order valence-electron chi connectivity index (χ4n) is 3.06. The van der Waals surface area contributed by atoms with Crippen LogP contribution in [0, 0.1) is 5.92 Å². The number of carboxylic acids is 1. The van der Waals surface area contributed by atoms with Crippen LogP contribution in [0.25, 0.3) is 0 Å². The summed E-state index contributed by atoms with van der Waals surface area (Å²) in [6.45, 7) is 5.96. The van der Waals surface area contributed by atoms with Gasteiger partial charge in [0.2, 0.25) is 5.91 Å². The van der Waals surface area contributed by atoms with E-state index < -0.39 is 5.97 Å². The molecule has 1 atom stereocenters. The van der Waals surface area contributed by atoms with Crippen molar-refractivity contribution in [1.29, 1.82) is 0 Å². The van der Waals surface area contributed by atoms with Crippen molar-refractivity contribution in [3.63, 3.8) is 0 Å². The second-order valence-electron chi connectivity index (χ2n) is 6.48. The van der Waals surface area contributed by atoms with Crippen LogP contribution in [-0.4, -0.2) is 23.0 Å². The third-order valence-corrected chi connectivity index (χ3v) is 4.20. The Hall–Kier alpha value is -1.84. The smallest absolute Gasteiger partial charge is 0.303 e. The fraction of sp³-hybridized carbons (Fsp3) is 0.556. The number of hydrogen-bond acceptors (Lipinski definition) is 2. The molecular formula is C18H25NO3. The van der Waals surface area contributed by atoms with Crippen LogP contribution in [-0.2, 0) is 22.4 Å². The zero-order valence-electron chi connectivity index (χ0n) is 13.6. The Kier molecular flexibility index (Phi) is 5.22. The Morgan fingerprint density at radius 3 is 2.68 bits per heavy atom. The van der Waals surface area contributed by atoms with E-state index in [9.17, 15) is 9.59 Å². The Morgan fingerprint density at radius 1 is 1.32 bits per heavy atom. The van der Waals surface area contributed by atoms with Gasteiger partial charge in [0, 0.05) is 24.1 Å². The van der Waals surface area contributed by atoms with Crippen LogP contribution in [0.2, 0.25) is 0 Å². The van der Waals surface area contributed by atoms with Gasteiger partial charge in [-0.1, -0.05) is 26.0 Å². The first-order valence-corrected chi connectivity index (χ1v) is 8.06. The number of nitrogens with zero attached hydrogens (tertiary/aromatic N) is 1. The molecule has 0 fully saturated rings. The summed E-state index contributed by atoms with van der Waals surface area (Å²) in [4.78, 5) is 24.8. The van der Waals surface area contributed by atoms with E-state index in [4.69, 9.17) is 5.11 Å². The van der Waals surface area contributed by atoms with E-state index in [0.29, 0.717) is 6.42 Å². The fourth-order valence-corrected chi connectivity index (χ4v) is 3.06. The highest BCUT2D eigenvalue weighted by molar-refractivity contribution is 5.97. The molecule has 22 heavy (non-hydrogen) atoms. The van der Waals surface area contributed by atoms with Gasteiger partial charge in [-0.15, -0.1) is 0 Å². The van der Waals surface area contributed by atoms with Crippen molar-refractivity contribution in [2.24, 2.45) is 5.92 Å². The topological polar surface area (TPSA) is 57.6 Å². The maximum atomic E-state index is 12.3. The first-order valence-electron chi connectivity index (χ1n) is 8.06. The van der Waals surface area contributed by atoms with Gasteiger partial charge in [0.05, 0.1) is 0 Å². The minimum absolute atomic E-state index is 0.00379. The van der Waals surface area contributed by atoms with Crippen LogP contribution in [0.1, 0.15) is 51.2 Å². The van der Waals surface area contributed by atoms with Crippen molar-refractivity contribution in [3.8, 4) is 0 Å². The average molecular weight is 303 g/mol. The van der Waals surface area contributed by atoms with Gasteiger partial charge in [-0.2, -0.15) is 0 Å². The Labute approximate surface area is 132 Å². The zero-order valence-corrected chi connectivity index (χ0v) is 13.6. The normalized spacial score (nSPS) is 16.9. The molecule has 1 N–H and O–H groups in total. The molecule has 0 aliphatic carbocycles. The summed E-state index contributed by atoms with van der Waals surface area (Å²) in [5.41, 5.74) is 3.51. The molecule has 0 spiro atoms. The van der Waals surface area contributed by atoms with Crippen LogP contribution in [0.3, 0.4) is 0 Å². The molecule has 4 nitrogen and oxygen atoms in total. The molecule has 120 valence electrons. The van der Waals surface area contributed by atoms with Crippen LogP contribution >= 0.6 is 0 Å². The molecule has 0 bridgehead atoms. The van der Waals surface area contributed by atoms with Crippen LogP contribution in [0.15, 0.2) is 18.2 Å². The molecule has 1 unspecified atom stereocenters. The van der Waals surface area contributed by atoms with Gasteiger partial charge in [-0.25, -0.2) is 0 Å². The minimum Gasteiger partial charge on any atom is -0.481 e. The molecule has 0 saturated carbocycles. The van der Waals surface area contributed by atoms with Crippen LogP contribution < -0.4 is 4.90 Å². The number of rotatable bonds is 6. The summed E-state index contributed by atoms with van der Waals surface area (Å²) in [6.07, 6.45) is 3.62. The number of carboxylic acid groups (broad SMARTS) is 1. The van der Waals surface area contributed by atoms with Crippen LogP contribution in [0.4, 0.5) is 5.69 Å². The van der Waals surface area contributed by atoms with E-state index in [1.54, 1.807) is 0 Å². The predicted octanol–water partition coefficient (Wildman–Crippen LogP) is 3.42. The number of carbonyl (C=O) groups is 2. The maximum absolute atomic E-state index is 12.3. The number of carbonyl (C=O) groups excluding carboxylic acids is 1. The zero-order chi connectivity index (χ0) is 16.3. The summed E-state index contributed by atoms with van der Waals surface area (Å²) in [6, 6.07) is 6.51. The number of unbranched alkanes of at least 4 members (excludes halogenated alkanes) is 1. The lowest BCUT2D eigenvalue weighted by Crippen LogP contribution is -2.38. The molecule has 1 aliphatic rings. The number of amides is 1. The highest BCUT2D eigenvalue weighted by atomic mass is 16.4. The van der Waals surface area contributed by atoms with E-state index >= 15 is 0 Å². The number of benzene rings is 1. The van der Waals surface area contributed by atoms with E-state index in [1.165, 1.54) is 11.1 Å². The van der Waals surface area contributed by atoms with Gasteiger partial charge in [0.1, 0.15) is 0 Å². The molecule has 4 heteroatoms. The summed E-state index contributed by atoms with van der Waals surface area (Å²) in [5.74, 6) is -0.546. The number of fused-ring (bicyclic) bond motifs is 1. The van der Waals surface area contributed by atoms with Crippen molar-refractivity contribution < 1.29 is 14.7 Å². The van der Waals surface area contributed by atoms with E-state index in [-0.39, 0.29) is 24.3 Å². The van der Waals surface area contributed by atoms with Gasteiger partial charge >= 0.3 is 5.97 Å². The van der Waals surface area contributed by atoms with Gasteiger partial charge in [0.25, 0.3) is 0 Å². The molecular weight excluding hydrogens is 278 g/mol. The highest BCUT2D eigenvalue weighted by Crippen LogP contribution is 2.34. The van der Waals surface area contributed by atoms with Crippen LogP contribution in [0.5, 0.6) is 0 Å². The number of hydrogen-bond donors (Lipinski definition) is 1. The average Bonchev–Trinajstić information content (AvgIpc) is 2.77. The Bertz CT molecular complexity index is 565. The second kappa shape index (κ2) is 6.95. The number of aliphatic carboxylic acids is 1. The Morgan fingerprint density at radius 2 is 2.05 bits per heavy atom. The van der Waals surface area contributed by atoms with Crippen molar-refractivity contribution in [1.82, 2.24) is 0 Å². The van der Waals surface area contributed by atoms with Crippen molar-refractivity contribution in [3.05, 3.63) is 29.3 Å². The van der Waals surface area contributed by atoms with Gasteiger partial charge in [0.15, 0.2) is 0 Å². The maximum Gasteiger partial charge on any atom is 0.303 e. The molecule has 1 aliphatic heterocycles. The van der Waals surface area contributed by atoms with Crippen molar-refractivity contribution in [2.45, 2.75) is 58.9 Å². The summed E-state index contributed by atoms with van der Waals surface area (Å²) < 4.78 is 0. The Balaban J connectivity index is 2.05. The molecule has 1 heterocycles. The molecule has 2 rings (SSSR count). The monoisotopic (exact) mass is 303 g/mol. The highest BCUT2D eigenvalue weighted by Gasteiger charge is 2.31. The largest absolute Gasteiger partial charge is 0.481 e. The van der Waals surface area contributed by atoms with Crippen molar-refractivity contribution in [2.75, 3.05) is 4.90 Å². The lowest BCUT2D eigenvalue weighted by Gasteiger charge is -2.24. The molecule has 1 amide bonds. The second-order valence-corrected chi connectivity index (χ2v) is 6.48. The third kappa shape index (κ3) is 3.67. The summed E-state index contributed by atoms with van der Waals surface area (Å²) in [5, 5.41) is 8.66. The van der Waals surface area contributed by atoms with Crippen molar-refractivity contribution >= 4 is 17.6 Å². The summed E-state index contributed by atoms with van der Waals surface area (Å²) >= 11 is 0. The quantitative estimate of drug-likeness (QED) is 0.819. The first kappa shape index (κ1) is 16.5. The van der Waals surface area contributed by atoms with Gasteiger partial charge in [-0.05, 0) is 49.8 Å². The molecule has 0 aromatic heterocycles. The molecule has 0 saturated heterocycles. The predicted molar refractivity (Wildman–Crippen MR) is 87.1 cm³/mol. The standard InChI is InChI=1S/C18H25NO3/c1-12(2)18(22)19-13(3)10-15-11-14(8-9-16(15)19)6-4-5-7-17(20)21/h8-9,11-13H,4-7,10H2,1-3H3,(H,20,21). The molecule has 1 aromatic carbocycles. The summed E-state index contributed by atoms with van der Waals surface area (Å²) in [7, 11) is 0. The van der Waals surface area contributed by atoms with E-state index in [2.05, 4.69) is 19.1 Å². The van der Waals surface area contributed by atoms with E-state index in [0.717, 1.165) is 24.9 Å². The van der Waals surface area contributed by atoms with Gasteiger partial charge < -0.3 is 10.0 Å². The number of anilines is 1. The minimum atomic E-state index is -0.731. The lowest BCUT2D eigenvalue weighted by molar-refractivity contribution is -0.137. The van der Waals surface area contributed by atoms with E-state index in [1.807, 2.05) is 24.8 Å². The lowest BCUT2D eigenvalue weighted by atomic mass is 10.0.